The average molecular weight is 399 g/mol. The lowest BCUT2D eigenvalue weighted by Gasteiger charge is -2.39. The summed E-state index contributed by atoms with van der Waals surface area (Å²) in [4.78, 5) is 51.5. The van der Waals surface area contributed by atoms with Crippen molar-refractivity contribution >= 4 is 23.8 Å². The highest BCUT2D eigenvalue weighted by atomic mass is 16.5. The van der Waals surface area contributed by atoms with Crippen molar-refractivity contribution in [2.75, 3.05) is 13.1 Å². The standard InChI is InChI=1S/C19H33N3O6/c1-12(2)27-16(24)8-9-19(5,18(26)28-13(3)4)22(15(23)11-20)17(25)14-7-6-10-21-14/h12-14,21H,6-11,20H2,1-5H3/t14-,19-/m0/s1. The van der Waals surface area contributed by atoms with Crippen LogP contribution in [0.5, 0.6) is 0 Å². The van der Waals surface area contributed by atoms with Gasteiger partial charge in [-0.25, -0.2) is 4.79 Å². The summed E-state index contributed by atoms with van der Waals surface area (Å²) in [6.07, 6.45) is 0.305. The molecule has 0 saturated carbocycles. The molecule has 0 aliphatic carbocycles. The minimum Gasteiger partial charge on any atom is -0.463 e. The van der Waals surface area contributed by atoms with Gasteiger partial charge in [0.2, 0.25) is 11.8 Å². The highest BCUT2D eigenvalue weighted by Gasteiger charge is 2.49. The fourth-order valence-electron chi connectivity index (χ4n) is 3.10. The van der Waals surface area contributed by atoms with Crippen LogP contribution in [0, 0.1) is 0 Å². The van der Waals surface area contributed by atoms with Crippen LogP contribution in [0.4, 0.5) is 0 Å². The first-order chi connectivity index (χ1) is 13.0. The van der Waals surface area contributed by atoms with E-state index in [0.717, 1.165) is 11.3 Å². The molecule has 160 valence electrons. The molecule has 0 spiro atoms. The predicted octanol–water partition coefficient (Wildman–Crippen LogP) is 0.494. The second-order valence-electron chi connectivity index (χ2n) is 7.69. The maximum absolute atomic E-state index is 13.1. The van der Waals surface area contributed by atoms with Gasteiger partial charge in [-0.3, -0.25) is 19.3 Å². The number of amides is 2. The molecule has 9 heteroatoms. The molecule has 28 heavy (non-hydrogen) atoms. The zero-order valence-electron chi connectivity index (χ0n) is 17.4. The third-order valence-electron chi connectivity index (χ3n) is 4.46. The second-order valence-corrected chi connectivity index (χ2v) is 7.69. The number of carbonyl (C=O) groups excluding carboxylic acids is 4. The van der Waals surface area contributed by atoms with Gasteiger partial charge in [0.1, 0.15) is 5.54 Å². The molecule has 1 fully saturated rings. The van der Waals surface area contributed by atoms with E-state index in [1.165, 1.54) is 6.92 Å². The van der Waals surface area contributed by atoms with Gasteiger partial charge >= 0.3 is 11.9 Å². The Balaban J connectivity index is 3.21. The molecule has 0 radical (unpaired) electrons. The number of esters is 2. The topological polar surface area (TPSA) is 128 Å². The number of imide groups is 1. The Labute approximate surface area is 166 Å². The number of rotatable bonds is 9. The lowest BCUT2D eigenvalue weighted by Crippen LogP contribution is -2.63. The number of hydrogen-bond acceptors (Lipinski definition) is 8. The lowest BCUT2D eigenvalue weighted by atomic mass is 9.91. The number of hydrogen-bond donors (Lipinski definition) is 2. The molecule has 0 aromatic carbocycles. The maximum atomic E-state index is 13.1. The molecule has 3 N–H and O–H groups in total. The van der Waals surface area contributed by atoms with E-state index in [4.69, 9.17) is 15.2 Å². The van der Waals surface area contributed by atoms with Crippen molar-refractivity contribution in [3.05, 3.63) is 0 Å². The van der Waals surface area contributed by atoms with Crippen LogP contribution in [-0.4, -0.2) is 65.5 Å². The lowest BCUT2D eigenvalue weighted by molar-refractivity contribution is -0.173. The molecule has 0 aromatic heterocycles. The summed E-state index contributed by atoms with van der Waals surface area (Å²) in [6.45, 7) is 8.39. The van der Waals surface area contributed by atoms with Crippen LogP contribution in [-0.2, 0) is 28.7 Å². The number of nitrogens with two attached hydrogens (primary N) is 1. The summed E-state index contributed by atoms with van der Waals surface area (Å²) < 4.78 is 10.4. The summed E-state index contributed by atoms with van der Waals surface area (Å²) in [5.41, 5.74) is 3.85. The molecule has 2 atom stereocenters. The molecule has 9 nitrogen and oxygen atoms in total. The number of ether oxygens (including phenoxy) is 2. The molecule has 1 aliphatic rings. The van der Waals surface area contributed by atoms with Crippen LogP contribution in [0.3, 0.4) is 0 Å². The van der Waals surface area contributed by atoms with E-state index in [2.05, 4.69) is 5.32 Å². The van der Waals surface area contributed by atoms with Crippen molar-refractivity contribution in [3.8, 4) is 0 Å². The van der Waals surface area contributed by atoms with Gasteiger partial charge in [0.25, 0.3) is 0 Å². The van der Waals surface area contributed by atoms with E-state index >= 15 is 0 Å². The van der Waals surface area contributed by atoms with Gasteiger partial charge in [-0.1, -0.05) is 0 Å². The molecule has 0 bridgehead atoms. The van der Waals surface area contributed by atoms with Crippen LogP contribution in [0.1, 0.15) is 60.3 Å². The van der Waals surface area contributed by atoms with E-state index in [0.29, 0.717) is 13.0 Å². The number of nitrogens with zero attached hydrogens (tertiary/aromatic N) is 1. The predicted molar refractivity (Wildman–Crippen MR) is 102 cm³/mol. The fourth-order valence-corrected chi connectivity index (χ4v) is 3.10. The Morgan fingerprint density at radius 1 is 1.14 bits per heavy atom. The summed E-state index contributed by atoms with van der Waals surface area (Å²) in [6, 6.07) is -0.579. The quantitative estimate of drug-likeness (QED) is 0.536. The Morgan fingerprint density at radius 3 is 2.21 bits per heavy atom. The van der Waals surface area contributed by atoms with Crippen LogP contribution < -0.4 is 11.1 Å². The molecule has 1 heterocycles. The third-order valence-corrected chi connectivity index (χ3v) is 4.46. The Kier molecular flexibility index (Phi) is 9.03. The maximum Gasteiger partial charge on any atom is 0.332 e. The van der Waals surface area contributed by atoms with Gasteiger partial charge < -0.3 is 20.5 Å². The summed E-state index contributed by atoms with van der Waals surface area (Å²) in [5, 5.41) is 3.03. The van der Waals surface area contributed by atoms with E-state index < -0.39 is 48.0 Å². The van der Waals surface area contributed by atoms with E-state index in [1.807, 2.05) is 0 Å². The third kappa shape index (κ3) is 6.27. The fraction of sp³-hybridized carbons (Fsp3) is 0.789. The zero-order valence-corrected chi connectivity index (χ0v) is 17.4. The highest BCUT2D eigenvalue weighted by molar-refractivity contribution is 6.04. The Morgan fingerprint density at radius 2 is 1.75 bits per heavy atom. The van der Waals surface area contributed by atoms with Crippen molar-refractivity contribution in [3.63, 3.8) is 0 Å². The van der Waals surface area contributed by atoms with Crippen LogP contribution in [0.2, 0.25) is 0 Å². The first-order valence-electron chi connectivity index (χ1n) is 9.73. The first-order valence-corrected chi connectivity index (χ1v) is 9.73. The van der Waals surface area contributed by atoms with E-state index in [1.54, 1.807) is 27.7 Å². The molecular weight excluding hydrogens is 366 g/mol. The minimum absolute atomic E-state index is 0.117. The van der Waals surface area contributed by atoms with Gasteiger partial charge in [-0.05, 0) is 60.4 Å². The van der Waals surface area contributed by atoms with Gasteiger partial charge in [0.15, 0.2) is 0 Å². The highest BCUT2D eigenvalue weighted by Crippen LogP contribution is 2.27. The molecule has 1 rings (SSSR count). The molecule has 1 saturated heterocycles. The van der Waals surface area contributed by atoms with Crippen molar-refractivity contribution in [2.24, 2.45) is 5.73 Å². The normalized spacial score (nSPS) is 18.6. The summed E-state index contributed by atoms with van der Waals surface area (Å²) >= 11 is 0. The molecule has 0 aromatic rings. The summed E-state index contributed by atoms with van der Waals surface area (Å²) in [5.74, 6) is -2.51. The summed E-state index contributed by atoms with van der Waals surface area (Å²) in [7, 11) is 0. The van der Waals surface area contributed by atoms with Crippen LogP contribution in [0.25, 0.3) is 0 Å². The van der Waals surface area contributed by atoms with Crippen molar-refractivity contribution in [1.82, 2.24) is 10.2 Å². The van der Waals surface area contributed by atoms with Crippen molar-refractivity contribution in [2.45, 2.75) is 84.1 Å². The minimum atomic E-state index is -1.67. The van der Waals surface area contributed by atoms with Crippen LogP contribution in [0.15, 0.2) is 0 Å². The SMILES string of the molecule is CC(C)OC(=O)CC[C@@](C)(C(=O)OC(C)C)N(C(=O)CN)C(=O)[C@@H]1CCCN1. The molecule has 0 unspecified atom stereocenters. The van der Waals surface area contributed by atoms with Gasteiger partial charge in [0, 0.05) is 6.42 Å². The number of carbonyl (C=O) groups is 4. The van der Waals surface area contributed by atoms with Gasteiger partial charge in [-0.2, -0.15) is 0 Å². The monoisotopic (exact) mass is 399 g/mol. The van der Waals surface area contributed by atoms with Gasteiger partial charge in [-0.15, -0.1) is 0 Å². The van der Waals surface area contributed by atoms with Crippen molar-refractivity contribution < 1.29 is 28.7 Å². The second kappa shape index (κ2) is 10.5. The Hall–Kier alpha value is -2.00. The average Bonchev–Trinajstić information content (AvgIpc) is 3.13. The van der Waals surface area contributed by atoms with Crippen molar-refractivity contribution in [1.29, 1.82) is 0 Å². The molecule has 2 amide bonds. The molecule has 1 aliphatic heterocycles. The van der Waals surface area contributed by atoms with E-state index in [-0.39, 0.29) is 18.9 Å². The largest absolute Gasteiger partial charge is 0.463 e. The van der Waals surface area contributed by atoms with Crippen LogP contribution >= 0.6 is 0 Å². The smallest absolute Gasteiger partial charge is 0.332 e. The zero-order chi connectivity index (χ0) is 21.5. The molecular formula is C19H33N3O6. The van der Waals surface area contributed by atoms with Gasteiger partial charge in [0.05, 0.1) is 24.8 Å². The first kappa shape index (κ1) is 24.0. The Bertz CT molecular complexity index is 586. The number of nitrogens with one attached hydrogen (secondary N) is 1. The van der Waals surface area contributed by atoms with E-state index in [9.17, 15) is 19.2 Å².